The molecule has 1 saturated heterocycles. The van der Waals surface area contributed by atoms with E-state index in [1.165, 1.54) is 6.07 Å². The van der Waals surface area contributed by atoms with Crippen LogP contribution in [0.1, 0.15) is 24.2 Å². The van der Waals surface area contributed by atoms with Crippen molar-refractivity contribution in [1.82, 2.24) is 14.7 Å². The Morgan fingerprint density at radius 1 is 1.03 bits per heavy atom. The summed E-state index contributed by atoms with van der Waals surface area (Å²) in [7, 11) is 0. The topological polar surface area (TPSA) is 53.4 Å². The van der Waals surface area contributed by atoms with Crippen molar-refractivity contribution < 1.29 is 9.18 Å². The van der Waals surface area contributed by atoms with Crippen LogP contribution in [-0.4, -0.2) is 46.8 Å². The Kier molecular flexibility index (Phi) is 6.00. The van der Waals surface area contributed by atoms with Gasteiger partial charge in [-0.1, -0.05) is 41.4 Å². The summed E-state index contributed by atoms with van der Waals surface area (Å²) in [4.78, 5) is 17.7. The molecule has 0 saturated carbocycles. The Bertz CT molecular complexity index is 1300. The minimum atomic E-state index is -0.447. The Morgan fingerprint density at radius 3 is 2.47 bits per heavy atom. The van der Waals surface area contributed by atoms with E-state index in [2.05, 4.69) is 10.4 Å². The second-order valence-corrected chi connectivity index (χ2v) is 9.40. The number of fused-ring (bicyclic) bond motifs is 1. The van der Waals surface area contributed by atoms with E-state index < -0.39 is 6.04 Å². The van der Waals surface area contributed by atoms with Gasteiger partial charge in [0.2, 0.25) is 0 Å². The number of rotatable bonds is 3. The summed E-state index contributed by atoms with van der Waals surface area (Å²) in [5.41, 5.74) is 3.61. The number of carbonyl (C=O) groups is 1. The van der Waals surface area contributed by atoms with E-state index in [1.807, 2.05) is 46.5 Å². The molecule has 1 unspecified atom stereocenters. The maximum atomic E-state index is 14.2. The molecule has 0 aliphatic carbocycles. The number of aryl methyl sites for hydroxylation is 1. The Hall–Kier alpha value is -3.03. The summed E-state index contributed by atoms with van der Waals surface area (Å²) in [6.45, 7) is 5.90. The Labute approximate surface area is 207 Å². The molecule has 1 N–H and O–H groups in total. The minimum absolute atomic E-state index is 0.0759. The first-order valence-corrected chi connectivity index (χ1v) is 11.9. The van der Waals surface area contributed by atoms with Crippen molar-refractivity contribution in [2.75, 3.05) is 36.4 Å². The fourth-order valence-electron chi connectivity index (χ4n) is 4.69. The van der Waals surface area contributed by atoms with Gasteiger partial charge < -0.3 is 15.1 Å². The molecule has 6 nitrogen and oxygen atoms in total. The van der Waals surface area contributed by atoms with Crippen molar-refractivity contribution in [3.63, 3.8) is 0 Å². The number of hydrogen-bond acceptors (Lipinski definition) is 4. The lowest BCUT2D eigenvalue weighted by Gasteiger charge is -2.38. The van der Waals surface area contributed by atoms with Crippen molar-refractivity contribution in [3.8, 4) is 0 Å². The highest BCUT2D eigenvalue weighted by Gasteiger charge is 2.36. The van der Waals surface area contributed by atoms with Crippen LogP contribution in [0.2, 0.25) is 10.0 Å². The van der Waals surface area contributed by atoms with Gasteiger partial charge in [-0.2, -0.15) is 5.10 Å². The van der Waals surface area contributed by atoms with Crippen molar-refractivity contribution in [2.24, 2.45) is 0 Å². The smallest absolute Gasteiger partial charge is 0.254 e. The van der Waals surface area contributed by atoms with Crippen LogP contribution in [0.4, 0.5) is 15.9 Å². The van der Waals surface area contributed by atoms with Crippen LogP contribution >= 0.6 is 23.2 Å². The molecule has 1 atom stereocenters. The van der Waals surface area contributed by atoms with Gasteiger partial charge >= 0.3 is 0 Å². The summed E-state index contributed by atoms with van der Waals surface area (Å²) >= 11 is 12.5. The average molecular weight is 500 g/mol. The molecular weight excluding hydrogens is 476 g/mol. The van der Waals surface area contributed by atoms with E-state index in [1.54, 1.807) is 24.3 Å². The average Bonchev–Trinajstić information content (AvgIpc) is 3.19. The molecule has 0 radical (unpaired) electrons. The largest absolute Gasteiger partial charge is 0.366 e. The van der Waals surface area contributed by atoms with Gasteiger partial charge in [0.1, 0.15) is 17.7 Å². The quantitative estimate of drug-likeness (QED) is 0.532. The number of piperazine rings is 1. The standard InChI is InChI=1S/C25H24Cl2FN5O/c1-15-13-22-29-16(2)23(24(33(22)30-15)17-7-8-18(26)19(27)14-17)25(34)32-11-9-31(10-12-32)21-6-4-3-5-20(21)28/h3-8,13-14,24,29H,9-12H2,1-2H3. The molecule has 34 heavy (non-hydrogen) atoms. The maximum Gasteiger partial charge on any atom is 0.254 e. The van der Waals surface area contributed by atoms with E-state index in [-0.39, 0.29) is 11.7 Å². The van der Waals surface area contributed by atoms with Crippen molar-refractivity contribution in [3.05, 3.63) is 86.9 Å². The van der Waals surface area contributed by atoms with Crippen LogP contribution in [0, 0.1) is 12.7 Å². The molecule has 3 heterocycles. The summed E-state index contributed by atoms with van der Waals surface area (Å²) in [5.74, 6) is 0.485. The molecule has 1 fully saturated rings. The number of allylic oxidation sites excluding steroid dienone is 1. The van der Waals surface area contributed by atoms with Crippen molar-refractivity contribution >= 4 is 40.6 Å². The van der Waals surface area contributed by atoms with Crippen molar-refractivity contribution in [1.29, 1.82) is 0 Å². The fourth-order valence-corrected chi connectivity index (χ4v) is 5.00. The van der Waals surface area contributed by atoms with Crippen LogP contribution in [0.25, 0.3) is 0 Å². The molecule has 176 valence electrons. The number of para-hydroxylation sites is 1. The molecule has 9 heteroatoms. The second-order valence-electron chi connectivity index (χ2n) is 8.59. The number of aromatic nitrogens is 2. The van der Waals surface area contributed by atoms with Gasteiger partial charge in [-0.15, -0.1) is 0 Å². The number of benzene rings is 2. The predicted molar refractivity (Wildman–Crippen MR) is 133 cm³/mol. The number of nitrogens with one attached hydrogen (secondary N) is 1. The molecular formula is C25H24Cl2FN5O. The molecule has 2 aromatic carbocycles. The highest BCUT2D eigenvalue weighted by Crippen LogP contribution is 2.39. The monoisotopic (exact) mass is 499 g/mol. The van der Waals surface area contributed by atoms with Gasteiger partial charge in [0, 0.05) is 37.9 Å². The summed E-state index contributed by atoms with van der Waals surface area (Å²) in [5, 5.41) is 8.87. The number of hydrogen-bond donors (Lipinski definition) is 1. The molecule has 1 amide bonds. The molecule has 1 aromatic heterocycles. The number of halogens is 3. The lowest BCUT2D eigenvalue weighted by molar-refractivity contribution is -0.128. The number of nitrogens with zero attached hydrogens (tertiary/aromatic N) is 4. The SMILES string of the molecule is CC1=C(C(=O)N2CCN(c3ccccc3F)CC2)C(c2ccc(Cl)c(Cl)c2)n2nc(C)cc2N1. The summed E-state index contributed by atoms with van der Waals surface area (Å²) in [6.07, 6.45) is 0. The van der Waals surface area contributed by atoms with Crippen LogP contribution in [0.15, 0.2) is 59.8 Å². The number of anilines is 2. The van der Waals surface area contributed by atoms with E-state index in [0.29, 0.717) is 47.5 Å². The molecule has 0 bridgehead atoms. The van der Waals surface area contributed by atoms with Gasteiger partial charge in [-0.05, 0) is 43.7 Å². The van der Waals surface area contributed by atoms with Crippen LogP contribution in [0.3, 0.4) is 0 Å². The fraction of sp³-hybridized carbons (Fsp3) is 0.280. The van der Waals surface area contributed by atoms with E-state index in [4.69, 9.17) is 23.2 Å². The lowest BCUT2D eigenvalue weighted by atomic mass is 9.94. The van der Waals surface area contributed by atoms with E-state index in [9.17, 15) is 9.18 Å². The molecule has 2 aliphatic heterocycles. The van der Waals surface area contributed by atoms with Gasteiger partial charge in [-0.25, -0.2) is 9.07 Å². The highest BCUT2D eigenvalue weighted by molar-refractivity contribution is 6.42. The highest BCUT2D eigenvalue weighted by atomic mass is 35.5. The van der Waals surface area contributed by atoms with Crippen LogP contribution < -0.4 is 10.2 Å². The Morgan fingerprint density at radius 2 is 1.76 bits per heavy atom. The molecule has 5 rings (SSSR count). The minimum Gasteiger partial charge on any atom is -0.366 e. The van der Waals surface area contributed by atoms with Gasteiger partial charge in [-0.3, -0.25) is 4.79 Å². The second kappa shape index (κ2) is 8.96. The first-order chi connectivity index (χ1) is 16.3. The predicted octanol–water partition coefficient (Wildman–Crippen LogP) is 5.28. The van der Waals surface area contributed by atoms with Crippen LogP contribution in [-0.2, 0) is 4.79 Å². The zero-order valence-corrected chi connectivity index (χ0v) is 20.4. The maximum absolute atomic E-state index is 14.2. The third-order valence-corrected chi connectivity index (χ3v) is 7.08. The summed E-state index contributed by atoms with van der Waals surface area (Å²) in [6, 6.07) is 13.6. The first-order valence-electron chi connectivity index (χ1n) is 11.1. The first kappa shape index (κ1) is 22.7. The van der Waals surface area contributed by atoms with Gasteiger partial charge in [0.25, 0.3) is 5.91 Å². The van der Waals surface area contributed by atoms with Crippen molar-refractivity contribution in [2.45, 2.75) is 19.9 Å². The van der Waals surface area contributed by atoms with E-state index >= 15 is 0 Å². The third-order valence-electron chi connectivity index (χ3n) is 6.35. The van der Waals surface area contributed by atoms with Crippen LogP contribution in [0.5, 0.6) is 0 Å². The van der Waals surface area contributed by atoms with Gasteiger partial charge in [0.15, 0.2) is 0 Å². The molecule has 0 spiro atoms. The number of amides is 1. The third kappa shape index (κ3) is 4.03. The zero-order valence-electron chi connectivity index (χ0n) is 18.9. The Balaban J connectivity index is 1.45. The lowest BCUT2D eigenvalue weighted by Crippen LogP contribution is -2.50. The normalized spacial score (nSPS) is 18.1. The molecule has 3 aromatic rings. The van der Waals surface area contributed by atoms with Gasteiger partial charge in [0.05, 0.1) is 27.0 Å². The number of carbonyl (C=O) groups excluding carboxylic acids is 1. The zero-order chi connectivity index (χ0) is 24.0. The van der Waals surface area contributed by atoms with E-state index in [0.717, 1.165) is 22.8 Å². The molecule has 2 aliphatic rings. The summed E-state index contributed by atoms with van der Waals surface area (Å²) < 4.78 is 16.1.